The molecule has 1 aromatic heterocycles. The fourth-order valence-corrected chi connectivity index (χ4v) is 1.89. The van der Waals surface area contributed by atoms with Gasteiger partial charge in [-0.25, -0.2) is 9.37 Å². The molecular formula is C11H9BrFN. The first-order valence-electron chi connectivity index (χ1n) is 4.31. The van der Waals surface area contributed by atoms with Crippen LogP contribution in [0.2, 0.25) is 0 Å². The fraction of sp³-hybridized carbons (Fsp3) is 0.182. The second-order valence-electron chi connectivity index (χ2n) is 3.41. The van der Waals surface area contributed by atoms with Gasteiger partial charge in [0.15, 0.2) is 5.82 Å². The van der Waals surface area contributed by atoms with E-state index in [2.05, 4.69) is 20.9 Å². The minimum absolute atomic E-state index is 0.273. The Morgan fingerprint density at radius 3 is 2.64 bits per heavy atom. The highest BCUT2D eigenvalue weighted by Gasteiger charge is 2.05. The van der Waals surface area contributed by atoms with Gasteiger partial charge in [0, 0.05) is 5.39 Å². The largest absolute Gasteiger partial charge is 0.238 e. The van der Waals surface area contributed by atoms with Crippen molar-refractivity contribution >= 4 is 26.8 Å². The lowest BCUT2D eigenvalue weighted by Gasteiger charge is -2.04. The average Bonchev–Trinajstić information content (AvgIpc) is 2.08. The standard InChI is InChI=1S/C11H9BrFN/c1-6-3-7(2)8-5-9(13)11(12)14-10(8)4-6/h3-5H,1-2H3. The lowest BCUT2D eigenvalue weighted by atomic mass is 10.1. The lowest BCUT2D eigenvalue weighted by Crippen LogP contribution is -1.89. The number of rotatable bonds is 0. The number of hydrogen-bond acceptors (Lipinski definition) is 1. The van der Waals surface area contributed by atoms with Gasteiger partial charge in [-0.05, 0) is 53.0 Å². The van der Waals surface area contributed by atoms with E-state index in [1.54, 1.807) is 0 Å². The molecule has 0 aliphatic carbocycles. The SMILES string of the molecule is Cc1cc(C)c2cc(F)c(Br)nc2c1. The molecule has 1 heterocycles. The highest BCUT2D eigenvalue weighted by Crippen LogP contribution is 2.23. The molecule has 14 heavy (non-hydrogen) atoms. The third-order valence-corrected chi connectivity index (χ3v) is 2.75. The first-order chi connectivity index (χ1) is 6.58. The summed E-state index contributed by atoms with van der Waals surface area (Å²) in [5, 5.41) is 0.872. The molecule has 3 heteroatoms. The number of benzene rings is 1. The number of hydrogen-bond donors (Lipinski definition) is 0. The topological polar surface area (TPSA) is 12.9 Å². The zero-order valence-corrected chi connectivity index (χ0v) is 9.52. The van der Waals surface area contributed by atoms with E-state index in [0.717, 1.165) is 22.0 Å². The van der Waals surface area contributed by atoms with Crippen molar-refractivity contribution in [1.29, 1.82) is 0 Å². The summed E-state index contributed by atoms with van der Waals surface area (Å²) in [6.07, 6.45) is 0. The molecule has 72 valence electrons. The molecule has 0 N–H and O–H groups in total. The quantitative estimate of drug-likeness (QED) is 0.652. The minimum Gasteiger partial charge on any atom is -0.238 e. The second kappa shape index (κ2) is 3.31. The van der Waals surface area contributed by atoms with Gasteiger partial charge in [0.1, 0.15) is 4.60 Å². The first-order valence-corrected chi connectivity index (χ1v) is 5.10. The van der Waals surface area contributed by atoms with Crippen LogP contribution in [0.25, 0.3) is 10.9 Å². The maximum atomic E-state index is 13.2. The average molecular weight is 254 g/mol. The Morgan fingerprint density at radius 2 is 1.93 bits per heavy atom. The number of pyridine rings is 1. The van der Waals surface area contributed by atoms with E-state index in [1.165, 1.54) is 6.07 Å². The zero-order valence-electron chi connectivity index (χ0n) is 7.94. The Labute approximate surface area is 90.1 Å². The number of aryl methyl sites for hydroxylation is 2. The van der Waals surface area contributed by atoms with Crippen molar-refractivity contribution in [3.63, 3.8) is 0 Å². The summed E-state index contributed by atoms with van der Waals surface area (Å²) < 4.78 is 13.5. The maximum absolute atomic E-state index is 13.2. The van der Waals surface area contributed by atoms with Crippen molar-refractivity contribution in [3.05, 3.63) is 39.7 Å². The van der Waals surface area contributed by atoms with E-state index in [1.807, 2.05) is 26.0 Å². The second-order valence-corrected chi connectivity index (χ2v) is 4.16. The third kappa shape index (κ3) is 1.52. The maximum Gasteiger partial charge on any atom is 0.156 e. The molecule has 0 spiro atoms. The van der Waals surface area contributed by atoms with Gasteiger partial charge in [-0.2, -0.15) is 0 Å². The van der Waals surface area contributed by atoms with Crippen molar-refractivity contribution in [1.82, 2.24) is 4.98 Å². The van der Waals surface area contributed by atoms with Gasteiger partial charge in [-0.15, -0.1) is 0 Å². The minimum atomic E-state index is -0.315. The Morgan fingerprint density at radius 1 is 1.21 bits per heavy atom. The molecule has 2 rings (SSSR count). The molecule has 0 saturated heterocycles. The summed E-state index contributed by atoms with van der Waals surface area (Å²) in [5.41, 5.74) is 3.02. The van der Waals surface area contributed by atoms with Crippen LogP contribution in [0.15, 0.2) is 22.8 Å². The normalized spacial score (nSPS) is 10.9. The Balaban J connectivity index is 2.89. The van der Waals surface area contributed by atoms with Crippen LogP contribution in [0.1, 0.15) is 11.1 Å². The molecule has 2 aromatic rings. The molecule has 0 amide bonds. The third-order valence-electron chi connectivity index (χ3n) is 2.20. The molecular weight excluding hydrogens is 245 g/mol. The van der Waals surface area contributed by atoms with Gasteiger partial charge in [-0.1, -0.05) is 6.07 Å². The van der Waals surface area contributed by atoms with Gasteiger partial charge >= 0.3 is 0 Å². The van der Waals surface area contributed by atoms with Crippen LogP contribution in [0.5, 0.6) is 0 Å². The molecule has 0 aliphatic rings. The predicted molar refractivity (Wildman–Crippen MR) is 58.9 cm³/mol. The summed E-state index contributed by atoms with van der Waals surface area (Å²) in [6, 6.07) is 5.49. The lowest BCUT2D eigenvalue weighted by molar-refractivity contribution is 0.616. The first kappa shape index (κ1) is 9.59. The molecule has 1 nitrogen and oxygen atoms in total. The molecule has 0 atom stereocenters. The van der Waals surface area contributed by atoms with Gasteiger partial charge in [0.25, 0.3) is 0 Å². The molecule has 0 radical (unpaired) electrons. The van der Waals surface area contributed by atoms with Crippen LogP contribution in [0, 0.1) is 19.7 Å². The van der Waals surface area contributed by atoms with E-state index >= 15 is 0 Å². The van der Waals surface area contributed by atoms with Crippen LogP contribution in [-0.4, -0.2) is 4.98 Å². The van der Waals surface area contributed by atoms with Gasteiger partial charge < -0.3 is 0 Å². The summed E-state index contributed by atoms with van der Waals surface area (Å²) in [7, 11) is 0. The summed E-state index contributed by atoms with van der Waals surface area (Å²) in [5.74, 6) is -0.315. The van der Waals surface area contributed by atoms with E-state index in [-0.39, 0.29) is 10.4 Å². The number of fused-ring (bicyclic) bond motifs is 1. The molecule has 0 aliphatic heterocycles. The van der Waals surface area contributed by atoms with E-state index in [0.29, 0.717) is 0 Å². The van der Waals surface area contributed by atoms with Gasteiger partial charge in [0.05, 0.1) is 5.52 Å². The van der Waals surface area contributed by atoms with E-state index in [4.69, 9.17) is 0 Å². The van der Waals surface area contributed by atoms with Crippen molar-refractivity contribution in [2.45, 2.75) is 13.8 Å². The summed E-state index contributed by atoms with van der Waals surface area (Å²) >= 11 is 3.08. The zero-order chi connectivity index (χ0) is 10.3. The van der Waals surface area contributed by atoms with Crippen LogP contribution in [0.3, 0.4) is 0 Å². The smallest absolute Gasteiger partial charge is 0.156 e. The highest BCUT2D eigenvalue weighted by molar-refractivity contribution is 9.10. The number of halogens is 2. The van der Waals surface area contributed by atoms with E-state index < -0.39 is 0 Å². The molecule has 1 aromatic carbocycles. The molecule has 0 saturated carbocycles. The van der Waals surface area contributed by atoms with Crippen molar-refractivity contribution < 1.29 is 4.39 Å². The van der Waals surface area contributed by atoms with Crippen molar-refractivity contribution in [2.24, 2.45) is 0 Å². The number of aromatic nitrogens is 1. The molecule has 0 unspecified atom stereocenters. The Bertz CT molecular complexity index is 508. The monoisotopic (exact) mass is 253 g/mol. The molecule has 0 fully saturated rings. The number of nitrogens with zero attached hydrogens (tertiary/aromatic N) is 1. The predicted octanol–water partition coefficient (Wildman–Crippen LogP) is 3.75. The van der Waals surface area contributed by atoms with E-state index in [9.17, 15) is 4.39 Å². The van der Waals surface area contributed by atoms with Crippen molar-refractivity contribution in [3.8, 4) is 0 Å². The van der Waals surface area contributed by atoms with Crippen molar-refractivity contribution in [2.75, 3.05) is 0 Å². The Hall–Kier alpha value is -0.960. The summed E-state index contributed by atoms with van der Waals surface area (Å²) in [4.78, 5) is 4.14. The fourth-order valence-electron chi connectivity index (χ4n) is 1.58. The van der Waals surface area contributed by atoms with Gasteiger partial charge in [-0.3, -0.25) is 0 Å². The van der Waals surface area contributed by atoms with Crippen LogP contribution >= 0.6 is 15.9 Å². The van der Waals surface area contributed by atoms with Crippen LogP contribution < -0.4 is 0 Å². The van der Waals surface area contributed by atoms with Crippen LogP contribution in [0.4, 0.5) is 4.39 Å². The van der Waals surface area contributed by atoms with Crippen LogP contribution in [-0.2, 0) is 0 Å². The highest BCUT2D eigenvalue weighted by atomic mass is 79.9. The molecule has 0 bridgehead atoms. The van der Waals surface area contributed by atoms with Gasteiger partial charge in [0.2, 0.25) is 0 Å². The summed E-state index contributed by atoms with van der Waals surface area (Å²) in [6.45, 7) is 3.97. The Kier molecular flexibility index (Phi) is 2.27.